The van der Waals surface area contributed by atoms with Crippen LogP contribution in [0.5, 0.6) is 5.88 Å². The number of hydrogen-bond donors (Lipinski definition) is 2. The predicted molar refractivity (Wildman–Crippen MR) is 115 cm³/mol. The van der Waals surface area contributed by atoms with E-state index in [1.54, 1.807) is 0 Å². The Bertz CT molecular complexity index is 1310. The molecule has 0 amide bonds. The Labute approximate surface area is 175 Å². The smallest absolute Gasteiger partial charge is 0.244 e. The summed E-state index contributed by atoms with van der Waals surface area (Å²) < 4.78 is 6.65. The lowest BCUT2D eigenvalue weighted by molar-refractivity contribution is 0.379. The van der Waals surface area contributed by atoms with Crippen molar-refractivity contribution in [1.82, 2.24) is 10.2 Å². The number of nitrogens with zero attached hydrogens (tertiary/aromatic N) is 2. The van der Waals surface area contributed by atoms with Gasteiger partial charge in [0.2, 0.25) is 11.8 Å². The molecule has 4 aromatic rings. The molecular formula is C23H15BrN4O. The van der Waals surface area contributed by atoms with Gasteiger partial charge in [0.1, 0.15) is 11.6 Å². The third kappa shape index (κ3) is 2.87. The van der Waals surface area contributed by atoms with E-state index < -0.39 is 0 Å². The molecular weight excluding hydrogens is 428 g/mol. The van der Waals surface area contributed by atoms with E-state index in [-0.39, 0.29) is 11.8 Å². The van der Waals surface area contributed by atoms with E-state index in [9.17, 15) is 5.26 Å². The normalized spacial score (nSPS) is 15.7. The highest BCUT2D eigenvalue weighted by Crippen LogP contribution is 2.46. The zero-order chi connectivity index (χ0) is 20.0. The molecule has 1 atom stereocenters. The molecule has 0 fully saturated rings. The van der Waals surface area contributed by atoms with E-state index in [2.05, 4.69) is 56.5 Å². The first kappa shape index (κ1) is 17.5. The van der Waals surface area contributed by atoms with Gasteiger partial charge in [0, 0.05) is 10.0 Å². The van der Waals surface area contributed by atoms with Gasteiger partial charge in [0.25, 0.3) is 0 Å². The first-order valence-electron chi connectivity index (χ1n) is 9.06. The number of hydrogen-bond acceptors (Lipinski definition) is 4. The van der Waals surface area contributed by atoms with Crippen molar-refractivity contribution in [3.63, 3.8) is 0 Å². The van der Waals surface area contributed by atoms with Crippen molar-refractivity contribution in [3.8, 4) is 23.2 Å². The predicted octanol–water partition coefficient (Wildman–Crippen LogP) is 5.21. The van der Waals surface area contributed by atoms with Crippen LogP contribution in [0.1, 0.15) is 17.0 Å². The molecule has 0 saturated carbocycles. The maximum atomic E-state index is 9.81. The maximum Gasteiger partial charge on any atom is 0.244 e. The number of nitriles is 1. The van der Waals surface area contributed by atoms with Crippen molar-refractivity contribution in [2.75, 3.05) is 0 Å². The summed E-state index contributed by atoms with van der Waals surface area (Å²) in [5, 5.41) is 19.5. The second-order valence-corrected chi connectivity index (χ2v) is 7.77. The number of nitrogens with one attached hydrogen (secondary N) is 1. The van der Waals surface area contributed by atoms with Gasteiger partial charge in [0.05, 0.1) is 17.2 Å². The summed E-state index contributed by atoms with van der Waals surface area (Å²) >= 11 is 3.47. The van der Waals surface area contributed by atoms with E-state index in [0.29, 0.717) is 11.5 Å². The molecule has 0 aliphatic carbocycles. The lowest BCUT2D eigenvalue weighted by atomic mass is 9.83. The molecule has 1 aliphatic heterocycles. The molecule has 1 unspecified atom stereocenters. The molecule has 2 heterocycles. The molecule has 5 rings (SSSR count). The summed E-state index contributed by atoms with van der Waals surface area (Å²) in [6.07, 6.45) is 0. The van der Waals surface area contributed by atoms with Gasteiger partial charge in [-0.2, -0.15) is 5.26 Å². The summed E-state index contributed by atoms with van der Waals surface area (Å²) in [7, 11) is 0. The fraction of sp³-hybridized carbons (Fsp3) is 0.0435. The first-order chi connectivity index (χ1) is 14.2. The highest BCUT2D eigenvalue weighted by atomic mass is 79.9. The third-order valence-corrected chi connectivity index (χ3v) is 5.71. The SMILES string of the molecule is N#CC1=C(N)Oc2n[nH]c(-c3ccc4ccccc4c3)c2C1c1ccc(Br)cc1. The highest BCUT2D eigenvalue weighted by molar-refractivity contribution is 9.10. The molecule has 3 aromatic carbocycles. The van der Waals surface area contributed by atoms with Gasteiger partial charge in [-0.05, 0) is 34.5 Å². The summed E-state index contributed by atoms with van der Waals surface area (Å²) in [5.41, 5.74) is 9.98. The van der Waals surface area contributed by atoms with Crippen LogP contribution in [-0.2, 0) is 0 Å². The van der Waals surface area contributed by atoms with Crippen molar-refractivity contribution in [3.05, 3.63) is 93.8 Å². The van der Waals surface area contributed by atoms with E-state index in [1.807, 2.05) is 42.5 Å². The Morgan fingerprint density at radius 1 is 1.03 bits per heavy atom. The highest BCUT2D eigenvalue weighted by Gasteiger charge is 2.35. The van der Waals surface area contributed by atoms with Crippen molar-refractivity contribution < 1.29 is 4.74 Å². The van der Waals surface area contributed by atoms with E-state index in [4.69, 9.17) is 10.5 Å². The minimum absolute atomic E-state index is 0.0875. The molecule has 0 bridgehead atoms. The van der Waals surface area contributed by atoms with Gasteiger partial charge in [-0.15, -0.1) is 5.10 Å². The molecule has 1 aliphatic rings. The number of aromatic amines is 1. The first-order valence-corrected chi connectivity index (χ1v) is 9.85. The van der Waals surface area contributed by atoms with Crippen molar-refractivity contribution in [2.24, 2.45) is 5.73 Å². The average Bonchev–Trinajstić information content (AvgIpc) is 3.16. The van der Waals surface area contributed by atoms with E-state index in [1.165, 1.54) is 0 Å². The van der Waals surface area contributed by atoms with E-state index >= 15 is 0 Å². The Hall–Kier alpha value is -3.56. The van der Waals surface area contributed by atoms with Crippen LogP contribution in [-0.4, -0.2) is 10.2 Å². The van der Waals surface area contributed by atoms with Crippen LogP contribution in [0.2, 0.25) is 0 Å². The molecule has 6 heteroatoms. The van der Waals surface area contributed by atoms with Crippen LogP contribution >= 0.6 is 15.9 Å². The van der Waals surface area contributed by atoms with Crippen molar-refractivity contribution >= 4 is 26.7 Å². The molecule has 140 valence electrons. The molecule has 3 N–H and O–H groups in total. The standard InChI is InChI=1S/C23H15BrN4O/c24-17-9-7-14(8-10-17)19-18(12-25)22(26)29-23-20(19)21(27-28-23)16-6-5-13-3-1-2-4-15(13)11-16/h1-11,19H,26H2,(H,27,28). The second-order valence-electron chi connectivity index (χ2n) is 6.86. The van der Waals surface area contributed by atoms with E-state index in [0.717, 1.165) is 37.6 Å². The van der Waals surface area contributed by atoms with Crippen LogP contribution in [0.4, 0.5) is 0 Å². The summed E-state index contributed by atoms with van der Waals surface area (Å²) in [6, 6.07) is 24.5. The monoisotopic (exact) mass is 442 g/mol. The number of rotatable bonds is 2. The van der Waals surface area contributed by atoms with Crippen molar-refractivity contribution in [2.45, 2.75) is 5.92 Å². The number of halogens is 1. The number of ether oxygens (including phenoxy) is 1. The number of nitrogens with two attached hydrogens (primary N) is 1. The maximum absolute atomic E-state index is 9.81. The summed E-state index contributed by atoms with van der Waals surface area (Å²) in [4.78, 5) is 0. The number of fused-ring (bicyclic) bond motifs is 2. The van der Waals surface area contributed by atoms with Gasteiger partial charge in [-0.1, -0.05) is 64.5 Å². The van der Waals surface area contributed by atoms with Crippen LogP contribution in [0.15, 0.2) is 82.7 Å². The molecule has 0 radical (unpaired) electrons. The average molecular weight is 443 g/mol. The minimum Gasteiger partial charge on any atom is -0.420 e. The van der Waals surface area contributed by atoms with Crippen LogP contribution in [0.3, 0.4) is 0 Å². The molecule has 29 heavy (non-hydrogen) atoms. The van der Waals surface area contributed by atoms with Gasteiger partial charge < -0.3 is 10.5 Å². The van der Waals surface area contributed by atoms with Crippen molar-refractivity contribution in [1.29, 1.82) is 5.26 Å². The zero-order valence-corrected chi connectivity index (χ0v) is 16.8. The largest absolute Gasteiger partial charge is 0.420 e. The summed E-state index contributed by atoms with van der Waals surface area (Å²) in [6.45, 7) is 0. The van der Waals surface area contributed by atoms with Gasteiger partial charge in [0.15, 0.2) is 0 Å². The lowest BCUT2D eigenvalue weighted by Crippen LogP contribution is -2.20. The molecule has 0 spiro atoms. The summed E-state index contributed by atoms with van der Waals surface area (Å²) in [5.74, 6) is 0.124. The Morgan fingerprint density at radius 2 is 1.79 bits per heavy atom. The zero-order valence-electron chi connectivity index (χ0n) is 15.2. The Morgan fingerprint density at radius 3 is 2.55 bits per heavy atom. The van der Waals surface area contributed by atoms with Gasteiger partial charge >= 0.3 is 0 Å². The Balaban J connectivity index is 1.73. The van der Waals surface area contributed by atoms with Crippen LogP contribution in [0.25, 0.3) is 22.0 Å². The quantitative estimate of drug-likeness (QED) is 0.445. The van der Waals surface area contributed by atoms with Crippen LogP contribution in [0, 0.1) is 11.3 Å². The molecule has 5 nitrogen and oxygen atoms in total. The molecule has 1 aromatic heterocycles. The number of aromatic nitrogens is 2. The number of allylic oxidation sites excluding steroid dienone is 1. The van der Waals surface area contributed by atoms with Gasteiger partial charge in [-0.25, -0.2) is 0 Å². The fourth-order valence-electron chi connectivity index (χ4n) is 3.80. The topological polar surface area (TPSA) is 87.7 Å². The Kier molecular flexibility index (Phi) is 4.11. The minimum atomic E-state index is -0.364. The van der Waals surface area contributed by atoms with Gasteiger partial charge in [-0.3, -0.25) is 5.10 Å². The number of benzene rings is 3. The number of H-pyrrole nitrogens is 1. The van der Waals surface area contributed by atoms with Crippen LogP contribution < -0.4 is 10.5 Å². The third-order valence-electron chi connectivity index (χ3n) is 5.18. The lowest BCUT2D eigenvalue weighted by Gasteiger charge is -2.24. The second kappa shape index (κ2) is 6.80. The molecule has 0 saturated heterocycles. The fourth-order valence-corrected chi connectivity index (χ4v) is 4.06.